The fourth-order valence-electron chi connectivity index (χ4n) is 2.63. The van der Waals surface area contributed by atoms with Crippen LogP contribution < -0.4 is 5.32 Å². The number of likely N-dealkylation sites (N-methyl/N-ethyl adjacent to an activating group) is 1. The van der Waals surface area contributed by atoms with Crippen molar-refractivity contribution in [3.05, 3.63) is 23.7 Å². The Kier molecular flexibility index (Phi) is 6.57. The Morgan fingerprint density at radius 3 is 3.00 bits per heavy atom. The largest absolute Gasteiger partial charge is 0.462 e. The maximum atomic E-state index is 5.81. The van der Waals surface area contributed by atoms with Gasteiger partial charge in [0.05, 0.1) is 13.2 Å². The van der Waals surface area contributed by atoms with E-state index in [1.54, 1.807) is 0 Å². The van der Waals surface area contributed by atoms with Crippen molar-refractivity contribution in [3.8, 4) is 0 Å². The highest BCUT2D eigenvalue weighted by Gasteiger charge is 2.18. The average molecular weight is 280 g/mol. The summed E-state index contributed by atoms with van der Waals surface area (Å²) >= 11 is 0. The number of nitrogens with zero attached hydrogens (tertiary/aromatic N) is 1. The van der Waals surface area contributed by atoms with Gasteiger partial charge in [-0.3, -0.25) is 0 Å². The lowest BCUT2D eigenvalue weighted by Gasteiger charge is -2.32. The van der Waals surface area contributed by atoms with Gasteiger partial charge in [-0.05, 0) is 51.5 Å². The van der Waals surface area contributed by atoms with E-state index in [1.807, 2.05) is 12.1 Å². The predicted molar refractivity (Wildman–Crippen MR) is 80.6 cm³/mol. The van der Waals surface area contributed by atoms with Crippen molar-refractivity contribution in [3.63, 3.8) is 0 Å². The molecule has 0 spiro atoms. The molecular weight excluding hydrogens is 252 g/mol. The summed E-state index contributed by atoms with van der Waals surface area (Å²) in [5.74, 6) is 1.92. The van der Waals surface area contributed by atoms with Crippen LogP contribution in [-0.2, 0) is 17.9 Å². The van der Waals surface area contributed by atoms with Crippen LogP contribution in [-0.4, -0.2) is 37.7 Å². The zero-order valence-electron chi connectivity index (χ0n) is 12.9. The van der Waals surface area contributed by atoms with Crippen molar-refractivity contribution < 1.29 is 9.15 Å². The van der Waals surface area contributed by atoms with Crippen molar-refractivity contribution in [2.75, 3.05) is 26.7 Å². The Morgan fingerprint density at radius 2 is 2.20 bits per heavy atom. The highest BCUT2D eigenvalue weighted by molar-refractivity contribution is 5.06. The van der Waals surface area contributed by atoms with Gasteiger partial charge in [-0.25, -0.2) is 0 Å². The fourth-order valence-corrected chi connectivity index (χ4v) is 2.63. The van der Waals surface area contributed by atoms with Crippen molar-refractivity contribution in [1.29, 1.82) is 0 Å². The molecule has 1 aliphatic heterocycles. The SMILES string of the molecule is CCCNCc1ccc(COCC2CCCCN2C)o1. The molecule has 0 aromatic carbocycles. The molecule has 1 saturated heterocycles. The fraction of sp³-hybridized carbons (Fsp3) is 0.750. The molecule has 0 radical (unpaired) electrons. The molecule has 0 aliphatic carbocycles. The number of nitrogens with one attached hydrogen (secondary N) is 1. The molecule has 2 heterocycles. The van der Waals surface area contributed by atoms with E-state index in [0.717, 1.165) is 37.6 Å². The number of furan rings is 1. The van der Waals surface area contributed by atoms with Gasteiger partial charge >= 0.3 is 0 Å². The second-order valence-corrected chi connectivity index (χ2v) is 5.69. The molecule has 0 bridgehead atoms. The van der Waals surface area contributed by atoms with Gasteiger partial charge in [-0.1, -0.05) is 13.3 Å². The Labute approximate surface area is 122 Å². The highest BCUT2D eigenvalue weighted by atomic mass is 16.5. The van der Waals surface area contributed by atoms with Crippen molar-refractivity contribution in [2.45, 2.75) is 51.8 Å². The summed E-state index contributed by atoms with van der Waals surface area (Å²) in [6.45, 7) is 6.58. The maximum Gasteiger partial charge on any atom is 0.129 e. The second kappa shape index (κ2) is 8.45. The third-order valence-corrected chi connectivity index (χ3v) is 3.92. The zero-order chi connectivity index (χ0) is 14.2. The van der Waals surface area contributed by atoms with Crippen LogP contribution in [0.1, 0.15) is 44.1 Å². The summed E-state index contributed by atoms with van der Waals surface area (Å²) in [6, 6.07) is 4.63. The normalized spacial score (nSPS) is 20.4. The van der Waals surface area contributed by atoms with Crippen LogP contribution in [0, 0.1) is 0 Å². The lowest BCUT2D eigenvalue weighted by molar-refractivity contribution is 0.0370. The maximum absolute atomic E-state index is 5.81. The van der Waals surface area contributed by atoms with E-state index in [9.17, 15) is 0 Å². The minimum absolute atomic E-state index is 0.574. The van der Waals surface area contributed by atoms with Gasteiger partial charge in [-0.15, -0.1) is 0 Å². The Morgan fingerprint density at radius 1 is 1.35 bits per heavy atom. The van der Waals surface area contributed by atoms with Gasteiger partial charge in [-0.2, -0.15) is 0 Å². The first kappa shape index (κ1) is 15.5. The van der Waals surface area contributed by atoms with Crippen LogP contribution in [0.25, 0.3) is 0 Å². The van der Waals surface area contributed by atoms with E-state index in [2.05, 4.69) is 24.2 Å². The molecule has 4 heteroatoms. The van der Waals surface area contributed by atoms with Crippen molar-refractivity contribution in [2.24, 2.45) is 0 Å². The predicted octanol–water partition coefficient (Wildman–Crippen LogP) is 2.78. The first-order valence-corrected chi connectivity index (χ1v) is 7.86. The molecule has 4 nitrogen and oxygen atoms in total. The quantitative estimate of drug-likeness (QED) is 0.743. The third kappa shape index (κ3) is 4.93. The number of rotatable bonds is 8. The molecule has 1 aromatic heterocycles. The molecule has 1 unspecified atom stereocenters. The monoisotopic (exact) mass is 280 g/mol. The van der Waals surface area contributed by atoms with Crippen LogP contribution in [0.15, 0.2) is 16.5 Å². The topological polar surface area (TPSA) is 37.6 Å². The average Bonchev–Trinajstić information content (AvgIpc) is 2.89. The Hall–Kier alpha value is -0.840. The van der Waals surface area contributed by atoms with Crippen LogP contribution in [0.4, 0.5) is 0 Å². The van der Waals surface area contributed by atoms with Crippen LogP contribution >= 0.6 is 0 Å². The highest BCUT2D eigenvalue weighted by Crippen LogP contribution is 2.16. The summed E-state index contributed by atoms with van der Waals surface area (Å²) < 4.78 is 11.6. The van der Waals surface area contributed by atoms with Crippen LogP contribution in [0.3, 0.4) is 0 Å². The standard InChI is InChI=1S/C16H28N2O2/c1-3-9-17-11-15-7-8-16(20-15)13-19-12-14-6-4-5-10-18(14)2/h7-8,14,17H,3-6,9-13H2,1-2H3. The van der Waals surface area contributed by atoms with Gasteiger partial charge < -0.3 is 19.4 Å². The zero-order valence-corrected chi connectivity index (χ0v) is 12.9. The van der Waals surface area contributed by atoms with E-state index >= 15 is 0 Å². The molecule has 1 aliphatic rings. The van der Waals surface area contributed by atoms with E-state index in [-0.39, 0.29) is 0 Å². The number of hydrogen-bond acceptors (Lipinski definition) is 4. The first-order valence-electron chi connectivity index (χ1n) is 7.86. The van der Waals surface area contributed by atoms with Crippen LogP contribution in [0.5, 0.6) is 0 Å². The molecule has 114 valence electrons. The van der Waals surface area contributed by atoms with E-state index < -0.39 is 0 Å². The smallest absolute Gasteiger partial charge is 0.129 e. The minimum atomic E-state index is 0.574. The summed E-state index contributed by atoms with van der Waals surface area (Å²) in [5, 5.41) is 3.34. The van der Waals surface area contributed by atoms with Gasteiger partial charge in [0.1, 0.15) is 18.1 Å². The molecule has 0 amide bonds. The molecule has 1 aromatic rings. The van der Waals surface area contributed by atoms with Gasteiger partial charge in [0, 0.05) is 6.04 Å². The number of hydrogen-bond donors (Lipinski definition) is 1. The Bertz CT molecular complexity index is 378. The molecule has 20 heavy (non-hydrogen) atoms. The minimum Gasteiger partial charge on any atom is -0.462 e. The summed E-state index contributed by atoms with van der Waals surface area (Å²) in [5.41, 5.74) is 0. The number of piperidine rings is 1. The third-order valence-electron chi connectivity index (χ3n) is 3.92. The van der Waals surface area contributed by atoms with Crippen molar-refractivity contribution in [1.82, 2.24) is 10.2 Å². The summed E-state index contributed by atoms with van der Waals surface area (Å²) in [7, 11) is 2.19. The van der Waals surface area contributed by atoms with Crippen LogP contribution in [0.2, 0.25) is 0 Å². The molecular formula is C16H28N2O2. The summed E-state index contributed by atoms with van der Waals surface area (Å²) in [4.78, 5) is 2.41. The molecule has 1 N–H and O–H groups in total. The molecule has 1 fully saturated rings. The summed E-state index contributed by atoms with van der Waals surface area (Å²) in [6.07, 6.45) is 5.04. The van der Waals surface area contributed by atoms with E-state index in [0.29, 0.717) is 12.6 Å². The van der Waals surface area contributed by atoms with Gasteiger partial charge in [0.25, 0.3) is 0 Å². The van der Waals surface area contributed by atoms with Gasteiger partial charge in [0.2, 0.25) is 0 Å². The lowest BCUT2D eigenvalue weighted by Crippen LogP contribution is -2.39. The molecule has 1 atom stereocenters. The number of ether oxygens (including phenoxy) is 1. The molecule has 2 rings (SSSR count). The number of likely N-dealkylation sites (tertiary alicyclic amines) is 1. The van der Waals surface area contributed by atoms with Crippen molar-refractivity contribution >= 4 is 0 Å². The Balaban J connectivity index is 1.66. The first-order chi connectivity index (χ1) is 9.79. The van der Waals surface area contributed by atoms with Gasteiger partial charge in [0.15, 0.2) is 0 Å². The lowest BCUT2D eigenvalue weighted by atomic mass is 10.0. The van der Waals surface area contributed by atoms with E-state index in [1.165, 1.54) is 25.8 Å². The molecule has 0 saturated carbocycles. The van der Waals surface area contributed by atoms with E-state index in [4.69, 9.17) is 9.15 Å². The second-order valence-electron chi connectivity index (χ2n) is 5.69.